The monoisotopic (exact) mass is 183 g/mol. The van der Waals surface area contributed by atoms with Crippen molar-refractivity contribution in [3.8, 4) is 0 Å². The maximum atomic E-state index is 2.40. The molecule has 0 fully saturated rings. The lowest BCUT2D eigenvalue weighted by Gasteiger charge is -2.00. The lowest BCUT2D eigenvalue weighted by Crippen LogP contribution is -1.93. The summed E-state index contributed by atoms with van der Waals surface area (Å²) in [6.45, 7) is 5.50. The van der Waals surface area contributed by atoms with Gasteiger partial charge in [0.2, 0.25) is 0 Å². The first-order valence-corrected chi connectivity index (χ1v) is 5.02. The Morgan fingerprint density at radius 2 is 1.93 bits per heavy atom. The summed E-state index contributed by atoms with van der Waals surface area (Å²) < 4.78 is 2.40. The maximum absolute atomic E-state index is 2.40. The summed E-state index contributed by atoms with van der Waals surface area (Å²) >= 11 is 0. The van der Waals surface area contributed by atoms with E-state index in [4.69, 9.17) is 0 Å². The summed E-state index contributed by atoms with van der Waals surface area (Å²) in [5, 5.41) is 1.36. The highest BCUT2D eigenvalue weighted by Gasteiger charge is 2.17. The van der Waals surface area contributed by atoms with Gasteiger partial charge in [-0.05, 0) is 37.1 Å². The summed E-state index contributed by atoms with van der Waals surface area (Å²) in [4.78, 5) is 0. The Bertz CT molecular complexity index is 543. The van der Waals surface area contributed by atoms with Gasteiger partial charge >= 0.3 is 0 Å². The minimum absolute atomic E-state index is 1.06. The van der Waals surface area contributed by atoms with Crippen LogP contribution >= 0.6 is 0 Å². The maximum Gasteiger partial charge on any atom is 0.0488 e. The average Bonchev–Trinajstić information content (AvgIpc) is 2.67. The second kappa shape index (κ2) is 2.50. The van der Waals surface area contributed by atoms with Crippen LogP contribution in [0.15, 0.2) is 35.9 Å². The number of allylic oxidation sites excluding steroid dienone is 2. The third kappa shape index (κ3) is 0.844. The molecule has 14 heavy (non-hydrogen) atoms. The van der Waals surface area contributed by atoms with Crippen LogP contribution in [-0.2, 0) is 6.54 Å². The highest BCUT2D eigenvalue weighted by atomic mass is 15.0. The van der Waals surface area contributed by atoms with E-state index < -0.39 is 0 Å². The van der Waals surface area contributed by atoms with E-state index in [2.05, 4.69) is 48.7 Å². The van der Waals surface area contributed by atoms with E-state index >= 15 is 0 Å². The largest absolute Gasteiger partial charge is 0.337 e. The number of benzene rings is 1. The number of nitrogens with zero attached hydrogens (tertiary/aromatic N) is 1. The van der Waals surface area contributed by atoms with Gasteiger partial charge in [-0.25, -0.2) is 0 Å². The average molecular weight is 183 g/mol. The first-order chi connectivity index (χ1) is 6.77. The van der Waals surface area contributed by atoms with Crippen molar-refractivity contribution in [1.82, 2.24) is 4.57 Å². The molecule has 0 saturated carbocycles. The molecule has 1 aromatic carbocycles. The summed E-state index contributed by atoms with van der Waals surface area (Å²) in [5.74, 6) is 0. The molecule has 3 rings (SSSR count). The highest BCUT2D eigenvalue weighted by Crippen LogP contribution is 2.32. The molecule has 0 N–H and O–H groups in total. The number of fused-ring (bicyclic) bond motifs is 3. The van der Waals surface area contributed by atoms with Gasteiger partial charge in [0.1, 0.15) is 0 Å². The van der Waals surface area contributed by atoms with Crippen molar-refractivity contribution < 1.29 is 0 Å². The van der Waals surface area contributed by atoms with Crippen LogP contribution in [0, 0.1) is 0 Å². The number of aromatic nitrogens is 1. The van der Waals surface area contributed by atoms with Crippen LogP contribution in [0.3, 0.4) is 0 Å². The fourth-order valence-corrected chi connectivity index (χ4v) is 2.27. The SMILES string of the molecule is CC1=C(C)c2cc3ccccc3n2C1. The van der Waals surface area contributed by atoms with Crippen LogP contribution in [-0.4, -0.2) is 4.57 Å². The topological polar surface area (TPSA) is 4.93 Å². The molecule has 0 bridgehead atoms. The highest BCUT2D eigenvalue weighted by molar-refractivity contribution is 5.87. The first-order valence-electron chi connectivity index (χ1n) is 5.02. The molecule has 0 spiro atoms. The summed E-state index contributed by atoms with van der Waals surface area (Å²) in [7, 11) is 0. The lowest BCUT2D eigenvalue weighted by atomic mass is 10.1. The van der Waals surface area contributed by atoms with Crippen LogP contribution in [0.4, 0.5) is 0 Å². The third-order valence-corrected chi connectivity index (χ3v) is 3.23. The smallest absolute Gasteiger partial charge is 0.0488 e. The van der Waals surface area contributed by atoms with Gasteiger partial charge in [-0.1, -0.05) is 18.2 Å². The Kier molecular flexibility index (Phi) is 1.41. The predicted octanol–water partition coefficient (Wildman–Crippen LogP) is 3.45. The van der Waals surface area contributed by atoms with Crippen molar-refractivity contribution in [2.75, 3.05) is 0 Å². The predicted molar refractivity (Wildman–Crippen MR) is 60.2 cm³/mol. The third-order valence-electron chi connectivity index (χ3n) is 3.23. The summed E-state index contributed by atoms with van der Waals surface area (Å²) in [6, 6.07) is 10.9. The van der Waals surface area contributed by atoms with E-state index in [1.165, 1.54) is 27.7 Å². The minimum atomic E-state index is 1.06. The molecule has 2 aromatic rings. The van der Waals surface area contributed by atoms with E-state index in [1.807, 2.05) is 0 Å². The Morgan fingerprint density at radius 3 is 2.79 bits per heavy atom. The fourth-order valence-electron chi connectivity index (χ4n) is 2.27. The van der Waals surface area contributed by atoms with Gasteiger partial charge in [0.05, 0.1) is 0 Å². The normalized spacial score (nSPS) is 15.3. The Morgan fingerprint density at radius 1 is 1.14 bits per heavy atom. The molecule has 1 aliphatic rings. The van der Waals surface area contributed by atoms with E-state index in [-0.39, 0.29) is 0 Å². The molecule has 0 saturated heterocycles. The molecular weight excluding hydrogens is 170 g/mol. The van der Waals surface area contributed by atoms with Crippen LogP contribution < -0.4 is 0 Å². The van der Waals surface area contributed by atoms with Crippen LogP contribution in [0.5, 0.6) is 0 Å². The van der Waals surface area contributed by atoms with Gasteiger partial charge in [-0.2, -0.15) is 0 Å². The minimum Gasteiger partial charge on any atom is -0.337 e. The Balaban J connectivity index is 2.39. The molecular formula is C13H13N. The van der Waals surface area contributed by atoms with E-state index in [9.17, 15) is 0 Å². The van der Waals surface area contributed by atoms with Crippen molar-refractivity contribution in [3.63, 3.8) is 0 Å². The van der Waals surface area contributed by atoms with E-state index in [1.54, 1.807) is 0 Å². The second-order valence-electron chi connectivity index (χ2n) is 4.08. The van der Waals surface area contributed by atoms with Gasteiger partial charge in [0.15, 0.2) is 0 Å². The molecule has 70 valence electrons. The van der Waals surface area contributed by atoms with Gasteiger partial charge in [-0.3, -0.25) is 0 Å². The summed E-state index contributed by atoms with van der Waals surface area (Å²) in [6.07, 6.45) is 0. The Hall–Kier alpha value is -1.50. The first kappa shape index (κ1) is 7.86. The van der Waals surface area contributed by atoms with E-state index in [0.717, 1.165) is 6.54 Å². The quantitative estimate of drug-likeness (QED) is 0.589. The zero-order chi connectivity index (χ0) is 9.71. The van der Waals surface area contributed by atoms with Crippen LogP contribution in [0.25, 0.3) is 16.5 Å². The molecule has 1 aliphatic heterocycles. The van der Waals surface area contributed by atoms with Crippen molar-refractivity contribution in [3.05, 3.63) is 41.6 Å². The molecule has 1 nitrogen and oxygen atoms in total. The fraction of sp³-hybridized carbons (Fsp3) is 0.231. The Labute approximate surface area is 83.7 Å². The van der Waals surface area contributed by atoms with Crippen molar-refractivity contribution in [2.24, 2.45) is 0 Å². The molecule has 1 aromatic heterocycles. The second-order valence-corrected chi connectivity index (χ2v) is 4.08. The van der Waals surface area contributed by atoms with Crippen LogP contribution in [0.2, 0.25) is 0 Å². The summed E-state index contributed by atoms with van der Waals surface area (Å²) in [5.41, 5.74) is 5.69. The van der Waals surface area contributed by atoms with Crippen molar-refractivity contribution in [1.29, 1.82) is 0 Å². The van der Waals surface area contributed by atoms with Crippen molar-refractivity contribution in [2.45, 2.75) is 20.4 Å². The zero-order valence-corrected chi connectivity index (χ0v) is 8.54. The molecule has 0 radical (unpaired) electrons. The lowest BCUT2D eigenvalue weighted by molar-refractivity contribution is 0.846. The zero-order valence-electron chi connectivity index (χ0n) is 8.54. The van der Waals surface area contributed by atoms with E-state index in [0.29, 0.717) is 0 Å². The van der Waals surface area contributed by atoms with Gasteiger partial charge in [0.25, 0.3) is 0 Å². The number of hydrogen-bond donors (Lipinski definition) is 0. The van der Waals surface area contributed by atoms with Gasteiger partial charge in [-0.15, -0.1) is 0 Å². The molecule has 1 heteroatoms. The molecule has 0 atom stereocenters. The molecule has 0 amide bonds. The molecule has 0 aliphatic carbocycles. The van der Waals surface area contributed by atoms with Crippen LogP contribution in [0.1, 0.15) is 19.5 Å². The number of hydrogen-bond acceptors (Lipinski definition) is 0. The van der Waals surface area contributed by atoms with Gasteiger partial charge < -0.3 is 4.57 Å². The number of rotatable bonds is 0. The number of para-hydroxylation sites is 1. The molecule has 2 heterocycles. The standard InChI is InChI=1S/C13H13N/c1-9-8-14-12-6-4-3-5-11(12)7-13(14)10(9)2/h3-7H,8H2,1-2H3. The molecule has 0 unspecified atom stereocenters. The van der Waals surface area contributed by atoms with Crippen molar-refractivity contribution >= 4 is 16.5 Å². The van der Waals surface area contributed by atoms with Gasteiger partial charge in [0, 0.05) is 23.1 Å².